The number of nitrogens with zero attached hydrogens (tertiary/aromatic N) is 1. The van der Waals surface area contributed by atoms with Gasteiger partial charge in [-0.3, -0.25) is 4.99 Å². The fourth-order valence-corrected chi connectivity index (χ4v) is 2.57. The molecule has 16 heavy (non-hydrogen) atoms. The van der Waals surface area contributed by atoms with E-state index in [1.54, 1.807) is 0 Å². The van der Waals surface area contributed by atoms with Crippen LogP contribution in [0.1, 0.15) is 39.0 Å². The summed E-state index contributed by atoms with van der Waals surface area (Å²) in [4.78, 5) is 4.46. The van der Waals surface area contributed by atoms with E-state index in [9.17, 15) is 0 Å². The summed E-state index contributed by atoms with van der Waals surface area (Å²) >= 11 is 0. The van der Waals surface area contributed by atoms with Gasteiger partial charge in [-0.1, -0.05) is 13.3 Å². The summed E-state index contributed by atoms with van der Waals surface area (Å²) in [6.07, 6.45) is 6.06. The number of hydrogen-bond acceptors (Lipinski definition) is 3. The smallest absolute Gasteiger partial charge is 0.117 e. The highest BCUT2D eigenvalue weighted by atomic mass is 35.5. The van der Waals surface area contributed by atoms with Gasteiger partial charge in [-0.2, -0.15) is 0 Å². The molecule has 0 saturated heterocycles. The Bertz CT molecular complexity index is 235. The van der Waals surface area contributed by atoms with Crippen LogP contribution in [0.3, 0.4) is 0 Å². The van der Waals surface area contributed by atoms with Gasteiger partial charge in [0.2, 0.25) is 0 Å². The molecule has 2 rings (SSSR count). The van der Waals surface area contributed by atoms with Crippen LogP contribution in [0.2, 0.25) is 0 Å². The first kappa shape index (κ1) is 16.0. The van der Waals surface area contributed by atoms with Crippen molar-refractivity contribution in [3.63, 3.8) is 0 Å². The molecule has 1 aliphatic heterocycles. The third-order valence-corrected chi connectivity index (χ3v) is 3.72. The number of hydrogen-bond donors (Lipinski definition) is 2. The SMILES string of the molecule is CCC1CCC(N)(C2=NCCN2)CC1.Cl.Cl. The molecule has 0 aromatic carbocycles. The summed E-state index contributed by atoms with van der Waals surface area (Å²) < 4.78 is 0. The zero-order valence-electron chi connectivity index (χ0n) is 9.87. The van der Waals surface area contributed by atoms with Crippen LogP contribution in [0.4, 0.5) is 0 Å². The number of nitrogens with two attached hydrogens (primary N) is 1. The number of nitrogens with one attached hydrogen (secondary N) is 1. The van der Waals surface area contributed by atoms with Gasteiger partial charge in [0.1, 0.15) is 5.84 Å². The van der Waals surface area contributed by atoms with E-state index in [4.69, 9.17) is 5.73 Å². The maximum absolute atomic E-state index is 6.39. The minimum Gasteiger partial charge on any atom is -0.370 e. The van der Waals surface area contributed by atoms with E-state index in [0.717, 1.165) is 37.7 Å². The minimum absolute atomic E-state index is 0. The van der Waals surface area contributed by atoms with Crippen molar-refractivity contribution in [1.29, 1.82) is 0 Å². The van der Waals surface area contributed by atoms with Crippen molar-refractivity contribution >= 4 is 30.6 Å². The standard InChI is InChI=1S/C11H21N3.2ClH/c1-2-9-3-5-11(12,6-4-9)10-13-7-8-14-10;;/h9H,2-8,12H2,1H3,(H,13,14);2*1H. The molecule has 3 N–H and O–H groups in total. The second-order valence-electron chi connectivity index (χ2n) is 4.66. The van der Waals surface area contributed by atoms with Crippen LogP contribution in [0.25, 0.3) is 0 Å². The van der Waals surface area contributed by atoms with Gasteiger partial charge in [-0.05, 0) is 31.6 Å². The second kappa shape index (κ2) is 6.67. The summed E-state index contributed by atoms with van der Waals surface area (Å²) in [5.41, 5.74) is 6.27. The van der Waals surface area contributed by atoms with Crippen molar-refractivity contribution in [3.05, 3.63) is 0 Å². The van der Waals surface area contributed by atoms with E-state index in [1.807, 2.05) is 0 Å². The largest absolute Gasteiger partial charge is 0.370 e. The molecular formula is C11H23Cl2N3. The van der Waals surface area contributed by atoms with Crippen LogP contribution < -0.4 is 11.1 Å². The zero-order valence-corrected chi connectivity index (χ0v) is 11.5. The minimum atomic E-state index is -0.123. The fourth-order valence-electron chi connectivity index (χ4n) is 2.57. The van der Waals surface area contributed by atoms with E-state index in [2.05, 4.69) is 17.2 Å². The van der Waals surface area contributed by atoms with Gasteiger partial charge < -0.3 is 11.1 Å². The Labute approximate surface area is 110 Å². The Morgan fingerprint density at radius 2 is 2.00 bits per heavy atom. The maximum atomic E-state index is 6.39. The highest BCUT2D eigenvalue weighted by Gasteiger charge is 2.36. The quantitative estimate of drug-likeness (QED) is 0.806. The van der Waals surface area contributed by atoms with E-state index < -0.39 is 0 Å². The molecule has 0 atom stereocenters. The van der Waals surface area contributed by atoms with Gasteiger partial charge in [0, 0.05) is 6.54 Å². The van der Waals surface area contributed by atoms with Crippen LogP contribution in [0.5, 0.6) is 0 Å². The monoisotopic (exact) mass is 267 g/mol. The van der Waals surface area contributed by atoms with Gasteiger partial charge in [0.15, 0.2) is 0 Å². The molecule has 0 spiro atoms. The number of rotatable bonds is 2. The van der Waals surface area contributed by atoms with Crippen LogP contribution in [-0.2, 0) is 0 Å². The molecule has 0 aromatic rings. The van der Waals surface area contributed by atoms with Crippen LogP contribution >= 0.6 is 24.8 Å². The molecule has 0 bridgehead atoms. The lowest BCUT2D eigenvalue weighted by Crippen LogP contribution is -2.54. The first-order chi connectivity index (χ1) is 6.74. The van der Waals surface area contributed by atoms with Gasteiger partial charge in [0.25, 0.3) is 0 Å². The molecule has 5 heteroatoms. The Morgan fingerprint density at radius 3 is 2.44 bits per heavy atom. The van der Waals surface area contributed by atoms with Crippen molar-refractivity contribution in [2.45, 2.75) is 44.6 Å². The normalized spacial score (nSPS) is 33.1. The van der Waals surface area contributed by atoms with Gasteiger partial charge in [0.05, 0.1) is 12.1 Å². The lowest BCUT2D eigenvalue weighted by Gasteiger charge is -2.36. The predicted octanol–water partition coefficient (Wildman–Crippen LogP) is 2.13. The fraction of sp³-hybridized carbons (Fsp3) is 0.909. The maximum Gasteiger partial charge on any atom is 0.117 e. The first-order valence-electron chi connectivity index (χ1n) is 5.82. The Balaban J connectivity index is 0.00000112. The van der Waals surface area contributed by atoms with Gasteiger partial charge in [-0.25, -0.2) is 0 Å². The van der Waals surface area contributed by atoms with Crippen molar-refractivity contribution in [3.8, 4) is 0 Å². The number of amidine groups is 1. The molecule has 0 amide bonds. The average molecular weight is 268 g/mol. The molecule has 1 saturated carbocycles. The van der Waals surface area contributed by atoms with Gasteiger partial charge >= 0.3 is 0 Å². The molecule has 2 aliphatic rings. The molecule has 0 aromatic heterocycles. The lowest BCUT2D eigenvalue weighted by atomic mass is 9.75. The van der Waals surface area contributed by atoms with Gasteiger partial charge in [-0.15, -0.1) is 24.8 Å². The molecule has 96 valence electrons. The lowest BCUT2D eigenvalue weighted by molar-refractivity contribution is 0.281. The highest BCUT2D eigenvalue weighted by molar-refractivity contribution is 5.92. The second-order valence-corrected chi connectivity index (χ2v) is 4.66. The molecule has 1 fully saturated rings. The summed E-state index contributed by atoms with van der Waals surface area (Å²) in [5.74, 6) is 1.97. The molecule has 0 radical (unpaired) electrons. The predicted molar refractivity (Wildman–Crippen MR) is 74.0 cm³/mol. The third kappa shape index (κ3) is 3.25. The summed E-state index contributed by atoms with van der Waals surface area (Å²) in [7, 11) is 0. The van der Waals surface area contributed by atoms with Crippen LogP contribution in [0, 0.1) is 5.92 Å². The van der Waals surface area contributed by atoms with E-state index >= 15 is 0 Å². The molecule has 0 unspecified atom stereocenters. The van der Waals surface area contributed by atoms with Crippen molar-refractivity contribution < 1.29 is 0 Å². The Kier molecular flexibility index (Phi) is 6.68. The average Bonchev–Trinajstić information content (AvgIpc) is 2.72. The molecule has 3 nitrogen and oxygen atoms in total. The molecule has 1 aliphatic carbocycles. The van der Waals surface area contributed by atoms with E-state index in [1.165, 1.54) is 19.3 Å². The Hall–Kier alpha value is 0.01000. The first-order valence-corrected chi connectivity index (χ1v) is 5.82. The van der Waals surface area contributed by atoms with Crippen LogP contribution in [0.15, 0.2) is 4.99 Å². The van der Waals surface area contributed by atoms with Crippen molar-refractivity contribution in [2.24, 2.45) is 16.6 Å². The number of halogens is 2. The summed E-state index contributed by atoms with van der Waals surface area (Å²) in [6, 6.07) is 0. The third-order valence-electron chi connectivity index (χ3n) is 3.72. The zero-order chi connectivity index (χ0) is 10.0. The summed E-state index contributed by atoms with van der Waals surface area (Å²) in [5, 5.41) is 3.32. The summed E-state index contributed by atoms with van der Waals surface area (Å²) in [6.45, 7) is 4.16. The van der Waals surface area contributed by atoms with E-state index in [-0.39, 0.29) is 30.4 Å². The molecule has 1 heterocycles. The van der Waals surface area contributed by atoms with Crippen molar-refractivity contribution in [2.75, 3.05) is 13.1 Å². The molecular weight excluding hydrogens is 245 g/mol. The van der Waals surface area contributed by atoms with E-state index in [0.29, 0.717) is 0 Å². The number of aliphatic imine (C=N–C) groups is 1. The van der Waals surface area contributed by atoms with Crippen molar-refractivity contribution in [1.82, 2.24) is 5.32 Å². The topological polar surface area (TPSA) is 50.4 Å². The highest BCUT2D eigenvalue weighted by Crippen LogP contribution is 2.32. The Morgan fingerprint density at radius 1 is 1.38 bits per heavy atom. The van der Waals surface area contributed by atoms with Crippen LogP contribution in [-0.4, -0.2) is 24.5 Å².